The minimum absolute atomic E-state index is 0.0810. The highest BCUT2D eigenvalue weighted by Gasteiger charge is 2.28. The molecule has 3 heterocycles. The van der Waals surface area contributed by atoms with Gasteiger partial charge >= 0.3 is 0 Å². The highest BCUT2D eigenvalue weighted by Crippen LogP contribution is 2.34. The second kappa shape index (κ2) is 7.42. The molecule has 1 aromatic carbocycles. The molecule has 4 rings (SSSR count). The lowest BCUT2D eigenvalue weighted by atomic mass is 10.1. The van der Waals surface area contributed by atoms with Crippen LogP contribution >= 0.6 is 0 Å². The topological polar surface area (TPSA) is 92.1 Å². The van der Waals surface area contributed by atoms with E-state index >= 15 is 0 Å². The number of carbonyl (C=O) groups is 2. The summed E-state index contributed by atoms with van der Waals surface area (Å²) in [6, 6.07) is 8.80. The van der Waals surface area contributed by atoms with Crippen molar-refractivity contribution in [2.75, 3.05) is 38.0 Å². The van der Waals surface area contributed by atoms with E-state index in [1.165, 1.54) is 4.90 Å². The Labute approximate surface area is 167 Å². The molecule has 0 unspecified atom stereocenters. The molecule has 0 spiro atoms. The van der Waals surface area contributed by atoms with Crippen molar-refractivity contribution in [3.8, 4) is 5.75 Å². The van der Waals surface area contributed by atoms with Crippen LogP contribution in [0.2, 0.25) is 0 Å². The molecule has 3 aromatic rings. The minimum Gasteiger partial charge on any atom is -0.489 e. The van der Waals surface area contributed by atoms with Crippen LogP contribution in [0, 0.1) is 0 Å². The Bertz CT molecular complexity index is 1080. The standard InChI is InChI=1S/C20H22N6O3/c1-24(2)20(28)13-6-7-17-16(9-13)25(3)14(11-29-17)10-18(27)22-15-5-4-8-26-12-21-23-19(15)26/h4-9,12,14H,10-11H2,1-3H3,(H,22,27)/t14-/m0/s1. The number of aromatic nitrogens is 3. The molecule has 1 aliphatic rings. The molecule has 0 saturated heterocycles. The summed E-state index contributed by atoms with van der Waals surface area (Å²) in [5, 5.41) is 10.8. The van der Waals surface area contributed by atoms with Crippen LogP contribution in [0.4, 0.5) is 11.4 Å². The number of likely N-dealkylation sites (N-methyl/N-ethyl adjacent to an activating group) is 1. The van der Waals surface area contributed by atoms with Crippen LogP contribution in [0.25, 0.3) is 5.65 Å². The average Bonchev–Trinajstić information content (AvgIpc) is 3.19. The number of hydrogen-bond donors (Lipinski definition) is 1. The predicted molar refractivity (Wildman–Crippen MR) is 108 cm³/mol. The fourth-order valence-electron chi connectivity index (χ4n) is 3.36. The van der Waals surface area contributed by atoms with E-state index in [2.05, 4.69) is 15.5 Å². The summed E-state index contributed by atoms with van der Waals surface area (Å²) < 4.78 is 7.58. The average molecular weight is 394 g/mol. The zero-order valence-electron chi connectivity index (χ0n) is 16.5. The SMILES string of the molecule is CN(C)C(=O)c1ccc2c(c1)N(C)[C@@H](CC(=O)Nc1cccn3cnnc13)CO2. The Morgan fingerprint density at radius 1 is 1.31 bits per heavy atom. The number of nitrogens with one attached hydrogen (secondary N) is 1. The molecule has 2 aromatic heterocycles. The monoisotopic (exact) mass is 394 g/mol. The zero-order chi connectivity index (χ0) is 20.5. The van der Waals surface area contributed by atoms with E-state index in [-0.39, 0.29) is 24.3 Å². The number of amides is 2. The van der Waals surface area contributed by atoms with Gasteiger partial charge in [0.05, 0.1) is 23.8 Å². The Hall–Kier alpha value is -3.62. The first-order chi connectivity index (χ1) is 13.9. The maximum Gasteiger partial charge on any atom is 0.253 e. The number of pyridine rings is 1. The quantitative estimate of drug-likeness (QED) is 0.724. The molecule has 1 atom stereocenters. The number of anilines is 2. The number of hydrogen-bond acceptors (Lipinski definition) is 6. The number of fused-ring (bicyclic) bond motifs is 2. The largest absolute Gasteiger partial charge is 0.489 e. The van der Waals surface area contributed by atoms with Gasteiger partial charge in [0.25, 0.3) is 5.91 Å². The minimum atomic E-state index is -0.162. The van der Waals surface area contributed by atoms with E-state index < -0.39 is 0 Å². The van der Waals surface area contributed by atoms with Gasteiger partial charge in [-0.1, -0.05) is 0 Å². The maximum absolute atomic E-state index is 12.7. The lowest BCUT2D eigenvalue weighted by molar-refractivity contribution is -0.116. The summed E-state index contributed by atoms with van der Waals surface area (Å²) in [6.45, 7) is 0.382. The lowest BCUT2D eigenvalue weighted by Gasteiger charge is -2.35. The molecule has 9 nitrogen and oxygen atoms in total. The fraction of sp³-hybridized carbons (Fsp3) is 0.300. The third-order valence-electron chi connectivity index (χ3n) is 4.99. The normalized spacial score (nSPS) is 15.6. The van der Waals surface area contributed by atoms with Crippen LogP contribution in [-0.4, -0.2) is 65.1 Å². The van der Waals surface area contributed by atoms with Gasteiger partial charge in [0.2, 0.25) is 5.91 Å². The third-order valence-corrected chi connectivity index (χ3v) is 4.99. The van der Waals surface area contributed by atoms with Crippen LogP contribution in [0.5, 0.6) is 5.75 Å². The van der Waals surface area contributed by atoms with Crippen LogP contribution in [0.15, 0.2) is 42.9 Å². The maximum atomic E-state index is 12.7. The van der Waals surface area contributed by atoms with E-state index in [1.54, 1.807) is 49.1 Å². The number of benzene rings is 1. The Balaban J connectivity index is 1.49. The van der Waals surface area contributed by atoms with Crippen molar-refractivity contribution >= 4 is 28.8 Å². The first kappa shape index (κ1) is 18.7. The van der Waals surface area contributed by atoms with Gasteiger partial charge in [0, 0.05) is 32.9 Å². The van der Waals surface area contributed by atoms with Crippen molar-refractivity contribution in [2.45, 2.75) is 12.5 Å². The van der Waals surface area contributed by atoms with Crippen molar-refractivity contribution in [3.63, 3.8) is 0 Å². The summed E-state index contributed by atoms with van der Waals surface area (Å²) in [6.07, 6.45) is 3.63. The smallest absolute Gasteiger partial charge is 0.253 e. The van der Waals surface area contributed by atoms with Gasteiger partial charge in [-0.2, -0.15) is 0 Å². The summed E-state index contributed by atoms with van der Waals surface area (Å²) in [7, 11) is 5.33. The molecule has 0 bridgehead atoms. The number of nitrogens with zero attached hydrogens (tertiary/aromatic N) is 5. The van der Waals surface area contributed by atoms with E-state index in [4.69, 9.17) is 4.74 Å². The summed E-state index contributed by atoms with van der Waals surface area (Å²) in [5.74, 6) is 0.473. The lowest BCUT2D eigenvalue weighted by Crippen LogP contribution is -2.42. The van der Waals surface area contributed by atoms with Gasteiger partial charge in [-0.3, -0.25) is 14.0 Å². The molecule has 29 heavy (non-hydrogen) atoms. The summed E-state index contributed by atoms with van der Waals surface area (Å²) in [5.41, 5.74) is 2.56. The molecule has 150 valence electrons. The molecule has 9 heteroatoms. The highest BCUT2D eigenvalue weighted by atomic mass is 16.5. The van der Waals surface area contributed by atoms with Crippen molar-refractivity contribution < 1.29 is 14.3 Å². The summed E-state index contributed by atoms with van der Waals surface area (Å²) >= 11 is 0. The van der Waals surface area contributed by atoms with Crippen LogP contribution in [0.3, 0.4) is 0 Å². The summed E-state index contributed by atoms with van der Waals surface area (Å²) in [4.78, 5) is 28.4. The molecular weight excluding hydrogens is 372 g/mol. The van der Waals surface area contributed by atoms with Crippen LogP contribution < -0.4 is 15.0 Å². The van der Waals surface area contributed by atoms with Gasteiger partial charge in [-0.05, 0) is 30.3 Å². The van der Waals surface area contributed by atoms with Crippen LogP contribution in [-0.2, 0) is 4.79 Å². The van der Waals surface area contributed by atoms with Crippen molar-refractivity contribution in [3.05, 3.63) is 48.4 Å². The molecule has 0 saturated carbocycles. The zero-order valence-corrected chi connectivity index (χ0v) is 16.5. The Kier molecular flexibility index (Phi) is 4.79. The molecule has 1 aliphatic heterocycles. The third kappa shape index (κ3) is 3.58. The van der Waals surface area contributed by atoms with E-state index in [0.717, 1.165) is 5.69 Å². The van der Waals surface area contributed by atoms with E-state index in [1.807, 2.05) is 24.2 Å². The van der Waals surface area contributed by atoms with E-state index in [9.17, 15) is 9.59 Å². The molecular formula is C20H22N6O3. The molecule has 0 radical (unpaired) electrons. The van der Waals surface area contributed by atoms with Crippen molar-refractivity contribution in [2.24, 2.45) is 0 Å². The van der Waals surface area contributed by atoms with Crippen molar-refractivity contribution in [1.29, 1.82) is 0 Å². The van der Waals surface area contributed by atoms with E-state index in [0.29, 0.717) is 29.3 Å². The van der Waals surface area contributed by atoms with Gasteiger partial charge in [-0.25, -0.2) is 0 Å². The van der Waals surface area contributed by atoms with Crippen molar-refractivity contribution in [1.82, 2.24) is 19.5 Å². The Morgan fingerprint density at radius 3 is 2.93 bits per heavy atom. The second-order valence-electron chi connectivity index (χ2n) is 7.19. The molecule has 2 amide bonds. The fourth-order valence-corrected chi connectivity index (χ4v) is 3.36. The van der Waals surface area contributed by atoms with Crippen LogP contribution in [0.1, 0.15) is 16.8 Å². The first-order valence-electron chi connectivity index (χ1n) is 9.23. The molecule has 0 aliphatic carbocycles. The highest BCUT2D eigenvalue weighted by molar-refractivity contribution is 5.96. The first-order valence-corrected chi connectivity index (χ1v) is 9.23. The van der Waals surface area contributed by atoms with Gasteiger partial charge in [0.1, 0.15) is 18.7 Å². The number of ether oxygens (including phenoxy) is 1. The Morgan fingerprint density at radius 2 is 2.14 bits per heavy atom. The molecule has 1 N–H and O–H groups in total. The second-order valence-corrected chi connectivity index (χ2v) is 7.19. The van der Waals surface area contributed by atoms with Gasteiger partial charge in [0.15, 0.2) is 5.65 Å². The predicted octanol–water partition coefficient (Wildman–Crippen LogP) is 1.66. The van der Waals surface area contributed by atoms with Gasteiger partial charge < -0.3 is 19.9 Å². The number of carbonyl (C=O) groups excluding carboxylic acids is 2. The molecule has 0 fully saturated rings. The van der Waals surface area contributed by atoms with Gasteiger partial charge in [-0.15, -0.1) is 10.2 Å². The number of rotatable bonds is 4.